The molecular formula is C13H10N2O3. The van der Waals surface area contributed by atoms with E-state index in [1.807, 2.05) is 0 Å². The minimum absolute atomic E-state index is 0.00118. The second kappa shape index (κ2) is 5.18. The van der Waals surface area contributed by atoms with E-state index in [-0.39, 0.29) is 23.6 Å². The van der Waals surface area contributed by atoms with E-state index in [1.165, 1.54) is 24.5 Å². The van der Waals surface area contributed by atoms with Crippen LogP contribution in [-0.2, 0) is 0 Å². The lowest BCUT2D eigenvalue weighted by molar-refractivity contribution is 0.0887. The van der Waals surface area contributed by atoms with Gasteiger partial charge >= 0.3 is 0 Å². The van der Waals surface area contributed by atoms with Crippen LogP contribution in [-0.4, -0.2) is 26.6 Å². The summed E-state index contributed by atoms with van der Waals surface area (Å²) in [6, 6.07) is 7.68. The highest BCUT2D eigenvalue weighted by molar-refractivity contribution is 6.13. The van der Waals surface area contributed by atoms with Crippen molar-refractivity contribution in [2.45, 2.75) is 6.42 Å². The van der Waals surface area contributed by atoms with Gasteiger partial charge in [-0.05, 0) is 18.2 Å². The first-order chi connectivity index (χ1) is 8.68. The normalized spacial score (nSPS) is 10.0. The summed E-state index contributed by atoms with van der Waals surface area (Å²) in [5.74, 6) is -1.06. The molecule has 0 spiro atoms. The number of aromatic nitrogens is 2. The van der Waals surface area contributed by atoms with Gasteiger partial charge in [-0.25, -0.2) is 9.97 Å². The molecule has 2 rings (SSSR count). The van der Waals surface area contributed by atoms with Gasteiger partial charge < -0.3 is 5.11 Å². The summed E-state index contributed by atoms with van der Waals surface area (Å²) in [6.45, 7) is 0. The van der Waals surface area contributed by atoms with Crippen molar-refractivity contribution in [3.63, 3.8) is 0 Å². The number of rotatable bonds is 4. The average molecular weight is 242 g/mol. The van der Waals surface area contributed by atoms with E-state index < -0.39 is 11.6 Å². The molecule has 0 aliphatic carbocycles. The van der Waals surface area contributed by atoms with Crippen LogP contribution >= 0.6 is 0 Å². The van der Waals surface area contributed by atoms with E-state index >= 15 is 0 Å². The van der Waals surface area contributed by atoms with E-state index in [9.17, 15) is 14.7 Å². The van der Waals surface area contributed by atoms with Gasteiger partial charge in [-0.1, -0.05) is 12.1 Å². The van der Waals surface area contributed by atoms with Crippen molar-refractivity contribution in [1.82, 2.24) is 9.97 Å². The molecule has 0 fully saturated rings. The van der Waals surface area contributed by atoms with Gasteiger partial charge in [0.1, 0.15) is 5.75 Å². The number of aromatic hydroxyl groups is 1. The van der Waals surface area contributed by atoms with Gasteiger partial charge in [0.25, 0.3) is 0 Å². The standard InChI is InChI=1S/C13H10N2O3/c16-10-5-2-1-4-9(10)11(17)8-12(18)13-14-6-3-7-15-13/h1-7,16H,8H2. The van der Waals surface area contributed by atoms with Gasteiger partial charge in [-0.3, -0.25) is 9.59 Å². The highest BCUT2D eigenvalue weighted by atomic mass is 16.3. The second-order valence-electron chi connectivity index (χ2n) is 3.61. The molecule has 0 aliphatic heterocycles. The fourth-order valence-electron chi connectivity index (χ4n) is 1.47. The van der Waals surface area contributed by atoms with Crippen LogP contribution in [0.15, 0.2) is 42.7 Å². The minimum atomic E-state index is -0.469. The van der Waals surface area contributed by atoms with Crippen molar-refractivity contribution >= 4 is 11.6 Å². The topological polar surface area (TPSA) is 80.2 Å². The Kier molecular flexibility index (Phi) is 3.43. The number of benzene rings is 1. The van der Waals surface area contributed by atoms with Crippen LogP contribution < -0.4 is 0 Å². The molecule has 0 radical (unpaired) electrons. The number of ketones is 2. The summed E-state index contributed by atoms with van der Waals surface area (Å²) >= 11 is 0. The van der Waals surface area contributed by atoms with E-state index in [0.29, 0.717) is 0 Å². The van der Waals surface area contributed by atoms with Crippen LogP contribution in [0.1, 0.15) is 27.4 Å². The SMILES string of the molecule is O=C(CC(=O)c1ccccc1O)c1ncccn1. The van der Waals surface area contributed by atoms with Crippen LogP contribution in [0.2, 0.25) is 0 Å². The molecule has 0 bridgehead atoms. The molecule has 18 heavy (non-hydrogen) atoms. The van der Waals surface area contributed by atoms with Gasteiger partial charge in [0.15, 0.2) is 11.6 Å². The number of hydrogen-bond acceptors (Lipinski definition) is 5. The Bertz CT molecular complexity index is 582. The molecule has 2 aromatic rings. The number of phenols is 1. The largest absolute Gasteiger partial charge is 0.507 e. The highest BCUT2D eigenvalue weighted by Gasteiger charge is 2.17. The number of nitrogens with zero attached hydrogens (tertiary/aromatic N) is 2. The van der Waals surface area contributed by atoms with Crippen molar-refractivity contribution in [1.29, 1.82) is 0 Å². The summed E-state index contributed by atoms with van der Waals surface area (Å²) in [5.41, 5.74) is 0.127. The van der Waals surface area contributed by atoms with Crippen molar-refractivity contribution in [2.75, 3.05) is 0 Å². The van der Waals surface area contributed by atoms with Crippen LogP contribution in [0.3, 0.4) is 0 Å². The third-order valence-electron chi connectivity index (χ3n) is 2.34. The molecule has 0 saturated heterocycles. The Balaban J connectivity index is 2.14. The predicted octanol–water partition coefficient (Wildman–Crippen LogP) is 1.64. The zero-order chi connectivity index (χ0) is 13.0. The van der Waals surface area contributed by atoms with Crippen LogP contribution in [0.4, 0.5) is 0 Å². The number of hydrogen-bond donors (Lipinski definition) is 1. The minimum Gasteiger partial charge on any atom is -0.507 e. The lowest BCUT2D eigenvalue weighted by Crippen LogP contribution is -2.11. The summed E-state index contributed by atoms with van der Waals surface area (Å²) in [5, 5.41) is 9.50. The van der Waals surface area contributed by atoms with Gasteiger partial charge in [0, 0.05) is 12.4 Å². The summed E-state index contributed by atoms with van der Waals surface area (Å²) in [7, 11) is 0. The number of carbonyl (C=O) groups is 2. The first kappa shape index (κ1) is 11.9. The van der Waals surface area contributed by atoms with Gasteiger partial charge in [0.05, 0.1) is 12.0 Å². The zero-order valence-corrected chi connectivity index (χ0v) is 9.41. The monoisotopic (exact) mass is 242 g/mol. The lowest BCUT2D eigenvalue weighted by Gasteiger charge is -2.02. The van der Waals surface area contributed by atoms with Crippen molar-refractivity contribution in [3.8, 4) is 5.75 Å². The maximum Gasteiger partial charge on any atom is 0.207 e. The molecule has 0 aliphatic rings. The molecule has 0 saturated carbocycles. The number of carbonyl (C=O) groups excluding carboxylic acids is 2. The lowest BCUT2D eigenvalue weighted by atomic mass is 10.0. The zero-order valence-electron chi connectivity index (χ0n) is 9.41. The van der Waals surface area contributed by atoms with E-state index in [4.69, 9.17) is 0 Å². The Hall–Kier alpha value is -2.56. The summed E-state index contributed by atoms with van der Waals surface area (Å²) in [4.78, 5) is 31.1. The molecule has 90 valence electrons. The van der Waals surface area contributed by atoms with Gasteiger partial charge in [0.2, 0.25) is 5.78 Å². The number of Topliss-reactive ketones (excluding diaryl/α,β-unsaturated/α-hetero) is 2. The van der Waals surface area contributed by atoms with Gasteiger partial charge in [-0.15, -0.1) is 0 Å². The average Bonchev–Trinajstić information content (AvgIpc) is 2.40. The molecule has 0 amide bonds. The van der Waals surface area contributed by atoms with Crippen molar-refractivity contribution in [3.05, 3.63) is 54.1 Å². The Morgan fingerprint density at radius 3 is 2.33 bits per heavy atom. The van der Waals surface area contributed by atoms with Crippen molar-refractivity contribution < 1.29 is 14.7 Å². The fourth-order valence-corrected chi connectivity index (χ4v) is 1.47. The Morgan fingerprint density at radius 2 is 1.67 bits per heavy atom. The molecule has 1 aromatic carbocycles. The summed E-state index contributed by atoms with van der Waals surface area (Å²) < 4.78 is 0. The number of phenolic OH excluding ortho intramolecular Hbond substituents is 1. The third kappa shape index (κ3) is 2.57. The van der Waals surface area contributed by atoms with Crippen molar-refractivity contribution in [2.24, 2.45) is 0 Å². The molecule has 1 N–H and O–H groups in total. The van der Waals surface area contributed by atoms with Crippen LogP contribution in [0.25, 0.3) is 0 Å². The van der Waals surface area contributed by atoms with E-state index in [0.717, 1.165) is 0 Å². The smallest absolute Gasteiger partial charge is 0.207 e. The molecule has 1 heterocycles. The van der Waals surface area contributed by atoms with E-state index in [1.54, 1.807) is 18.2 Å². The Labute approximate surface area is 103 Å². The van der Waals surface area contributed by atoms with Crippen LogP contribution in [0, 0.1) is 0 Å². The quantitative estimate of drug-likeness (QED) is 0.651. The predicted molar refractivity (Wildman–Crippen MR) is 63.4 cm³/mol. The molecule has 5 nitrogen and oxygen atoms in total. The summed E-state index contributed by atoms with van der Waals surface area (Å²) in [6.07, 6.45) is 2.51. The molecular weight excluding hydrogens is 232 g/mol. The maximum absolute atomic E-state index is 11.8. The molecule has 0 unspecified atom stereocenters. The van der Waals surface area contributed by atoms with Crippen LogP contribution in [0.5, 0.6) is 5.75 Å². The fraction of sp³-hybridized carbons (Fsp3) is 0.0769. The highest BCUT2D eigenvalue weighted by Crippen LogP contribution is 2.17. The Morgan fingerprint density at radius 1 is 1.00 bits per heavy atom. The first-order valence-corrected chi connectivity index (χ1v) is 5.30. The second-order valence-corrected chi connectivity index (χ2v) is 3.61. The molecule has 5 heteroatoms. The van der Waals surface area contributed by atoms with Gasteiger partial charge in [-0.2, -0.15) is 0 Å². The maximum atomic E-state index is 11.8. The molecule has 0 atom stereocenters. The first-order valence-electron chi connectivity index (χ1n) is 5.30. The van der Waals surface area contributed by atoms with E-state index in [2.05, 4.69) is 9.97 Å². The molecule has 1 aromatic heterocycles. The third-order valence-corrected chi connectivity index (χ3v) is 2.34. The number of para-hydroxylation sites is 1.